The van der Waals surface area contributed by atoms with Crippen LogP contribution in [0.15, 0.2) is 96.6 Å². The second-order valence-corrected chi connectivity index (χ2v) is 12.4. The molecule has 0 N–H and O–H groups in total. The maximum absolute atomic E-state index is 14.3. The topological polar surface area (TPSA) is 74.8 Å². The Labute approximate surface area is 244 Å². The first-order chi connectivity index (χ1) is 20.3. The number of aryl methyl sites for hydroxylation is 2. The number of nitrogens with zero attached hydrogens (tertiary/aromatic N) is 2. The van der Waals surface area contributed by atoms with Gasteiger partial charge in [-0.3, -0.25) is 24.1 Å². The Bertz CT molecular complexity index is 1770. The zero-order chi connectivity index (χ0) is 28.9. The van der Waals surface area contributed by atoms with E-state index in [4.69, 9.17) is 0 Å². The average molecular weight is 555 g/mol. The molecule has 42 heavy (non-hydrogen) atoms. The van der Waals surface area contributed by atoms with E-state index < -0.39 is 23.7 Å². The fourth-order valence-corrected chi connectivity index (χ4v) is 8.56. The van der Waals surface area contributed by atoms with Gasteiger partial charge in [-0.1, -0.05) is 72.3 Å². The Hall–Kier alpha value is -4.58. The highest BCUT2D eigenvalue weighted by atomic mass is 16.2. The van der Waals surface area contributed by atoms with Crippen LogP contribution in [-0.2, 0) is 19.2 Å². The molecule has 0 aromatic heterocycles. The molecule has 0 unspecified atom stereocenters. The number of anilines is 2. The standard InChI is InChI=1S/C36H30N2O4/c1-19-8-6-12-22(16-19)37-33(39)27-18-26(21-10-4-3-5-11-21)28-24-14-15-25(29(28)32(27)36(37)42)31-30(24)34(40)38(35(31)41)23-13-7-9-20(2)17-23/h3-17,24-25,27,29-32H,18H2,1-2H3/t24-,25+,27-,29+,30-,31-,32-/m1/s1. The molecule has 0 radical (unpaired) electrons. The van der Waals surface area contributed by atoms with Crippen LogP contribution in [0.1, 0.15) is 23.1 Å². The molecular weight excluding hydrogens is 524 g/mol. The number of carbonyl (C=O) groups is 4. The first kappa shape index (κ1) is 25.2. The smallest absolute Gasteiger partial charge is 0.238 e. The number of amides is 4. The molecule has 4 aliphatic carbocycles. The minimum atomic E-state index is -0.574. The van der Waals surface area contributed by atoms with Gasteiger partial charge in [0.25, 0.3) is 0 Å². The van der Waals surface area contributed by atoms with Crippen molar-refractivity contribution in [2.75, 3.05) is 9.80 Å². The molecule has 2 bridgehead atoms. The molecule has 3 fully saturated rings. The Morgan fingerprint density at radius 3 is 1.83 bits per heavy atom. The Kier molecular flexibility index (Phi) is 5.37. The monoisotopic (exact) mass is 554 g/mol. The summed E-state index contributed by atoms with van der Waals surface area (Å²) in [6.45, 7) is 3.89. The van der Waals surface area contributed by atoms with E-state index in [0.717, 1.165) is 27.8 Å². The summed E-state index contributed by atoms with van der Waals surface area (Å²) in [6.07, 6.45) is 4.58. The van der Waals surface area contributed by atoms with Gasteiger partial charge in [-0.2, -0.15) is 0 Å². The molecule has 1 saturated carbocycles. The minimum Gasteiger partial charge on any atom is -0.274 e. The molecule has 2 heterocycles. The SMILES string of the molecule is Cc1cccc(N2C(=O)[C@@H]3[C@H]4C=C[C@H](C5=C(c6ccccc6)C[C@H]6C(=O)N(c7cccc(C)c7)C(=O)[C@H]6[C@H]54)[C@H]3C2=O)c1. The van der Waals surface area contributed by atoms with Crippen molar-refractivity contribution in [3.05, 3.63) is 113 Å². The van der Waals surface area contributed by atoms with E-state index in [-0.39, 0.29) is 41.4 Å². The lowest BCUT2D eigenvalue weighted by Gasteiger charge is -2.51. The van der Waals surface area contributed by atoms with Crippen molar-refractivity contribution in [2.45, 2.75) is 20.3 Å². The van der Waals surface area contributed by atoms with Crippen LogP contribution in [-0.4, -0.2) is 23.6 Å². The molecule has 0 spiro atoms. The molecule has 3 aromatic carbocycles. The van der Waals surface area contributed by atoms with E-state index in [1.54, 1.807) is 0 Å². The third kappa shape index (κ3) is 3.32. The van der Waals surface area contributed by atoms with Crippen molar-refractivity contribution in [3.8, 4) is 0 Å². The van der Waals surface area contributed by atoms with Crippen molar-refractivity contribution in [3.63, 3.8) is 0 Å². The van der Waals surface area contributed by atoms with E-state index in [0.29, 0.717) is 17.8 Å². The van der Waals surface area contributed by atoms with Crippen LogP contribution in [0, 0.1) is 55.3 Å². The van der Waals surface area contributed by atoms with Gasteiger partial charge in [0.05, 0.1) is 35.0 Å². The van der Waals surface area contributed by atoms with Crippen LogP contribution < -0.4 is 9.80 Å². The number of hydrogen-bond acceptors (Lipinski definition) is 4. The molecule has 208 valence electrons. The van der Waals surface area contributed by atoms with E-state index in [2.05, 4.69) is 12.2 Å². The molecule has 2 aliphatic heterocycles. The molecule has 7 atom stereocenters. The summed E-state index contributed by atoms with van der Waals surface area (Å²) < 4.78 is 0. The summed E-state index contributed by atoms with van der Waals surface area (Å²) in [4.78, 5) is 59.3. The number of imide groups is 2. The van der Waals surface area contributed by atoms with Gasteiger partial charge in [0, 0.05) is 11.8 Å². The lowest BCUT2D eigenvalue weighted by Crippen LogP contribution is -2.51. The number of rotatable bonds is 3. The highest BCUT2D eigenvalue weighted by molar-refractivity contribution is 6.24. The van der Waals surface area contributed by atoms with Gasteiger partial charge < -0.3 is 0 Å². The maximum atomic E-state index is 14.3. The molecule has 2 saturated heterocycles. The number of allylic oxidation sites excluding steroid dienone is 4. The van der Waals surface area contributed by atoms with Crippen molar-refractivity contribution in [1.82, 2.24) is 0 Å². The van der Waals surface area contributed by atoms with E-state index >= 15 is 0 Å². The number of benzene rings is 3. The lowest BCUT2D eigenvalue weighted by atomic mass is 9.49. The molecule has 6 aliphatic rings. The van der Waals surface area contributed by atoms with Gasteiger partial charge >= 0.3 is 0 Å². The third-order valence-electron chi connectivity index (χ3n) is 10.2. The summed E-state index contributed by atoms with van der Waals surface area (Å²) in [5.74, 6) is -3.90. The number of carbonyl (C=O) groups excluding carboxylic acids is 4. The third-order valence-corrected chi connectivity index (χ3v) is 10.2. The summed E-state index contributed by atoms with van der Waals surface area (Å²) in [6, 6.07) is 25.0. The highest BCUT2D eigenvalue weighted by Crippen LogP contribution is 2.63. The molecule has 6 heteroatoms. The maximum Gasteiger partial charge on any atom is 0.238 e. The Balaban J connectivity index is 1.29. The zero-order valence-corrected chi connectivity index (χ0v) is 23.4. The van der Waals surface area contributed by atoms with Gasteiger partial charge in [0.15, 0.2) is 0 Å². The Morgan fingerprint density at radius 1 is 0.595 bits per heavy atom. The number of hydrogen-bond donors (Lipinski definition) is 0. The van der Waals surface area contributed by atoms with Gasteiger partial charge in [-0.25, -0.2) is 4.90 Å². The molecular formula is C36H30N2O4. The van der Waals surface area contributed by atoms with Crippen LogP contribution >= 0.6 is 0 Å². The van der Waals surface area contributed by atoms with Crippen LogP contribution in [0.4, 0.5) is 11.4 Å². The summed E-state index contributed by atoms with van der Waals surface area (Å²) >= 11 is 0. The summed E-state index contributed by atoms with van der Waals surface area (Å²) in [5, 5.41) is 0. The highest BCUT2D eigenvalue weighted by Gasteiger charge is 2.67. The second-order valence-electron chi connectivity index (χ2n) is 12.4. The second kappa shape index (κ2) is 8.96. The average Bonchev–Trinajstić information content (AvgIpc) is 3.42. The minimum absolute atomic E-state index is 0.175. The van der Waals surface area contributed by atoms with Gasteiger partial charge in [0.2, 0.25) is 23.6 Å². The fourth-order valence-electron chi connectivity index (χ4n) is 8.56. The first-order valence-electron chi connectivity index (χ1n) is 14.7. The van der Waals surface area contributed by atoms with Crippen molar-refractivity contribution >= 4 is 40.6 Å². The summed E-state index contributed by atoms with van der Waals surface area (Å²) in [7, 11) is 0. The predicted octanol–water partition coefficient (Wildman–Crippen LogP) is 5.50. The largest absolute Gasteiger partial charge is 0.274 e. The first-order valence-corrected chi connectivity index (χ1v) is 14.7. The van der Waals surface area contributed by atoms with E-state index in [9.17, 15) is 19.2 Å². The molecule has 9 rings (SSSR count). The molecule has 6 nitrogen and oxygen atoms in total. The van der Waals surface area contributed by atoms with Gasteiger partial charge in [-0.05, 0) is 72.7 Å². The Morgan fingerprint density at radius 2 is 1.19 bits per heavy atom. The van der Waals surface area contributed by atoms with Crippen molar-refractivity contribution in [2.24, 2.45) is 41.4 Å². The normalized spacial score (nSPS) is 31.1. The van der Waals surface area contributed by atoms with E-state index in [1.807, 2.05) is 92.7 Å². The van der Waals surface area contributed by atoms with Crippen LogP contribution in [0.3, 0.4) is 0 Å². The van der Waals surface area contributed by atoms with Crippen molar-refractivity contribution < 1.29 is 19.2 Å². The van der Waals surface area contributed by atoms with E-state index in [1.165, 1.54) is 9.80 Å². The zero-order valence-electron chi connectivity index (χ0n) is 23.4. The van der Waals surface area contributed by atoms with Crippen molar-refractivity contribution in [1.29, 1.82) is 0 Å². The predicted molar refractivity (Wildman–Crippen MR) is 159 cm³/mol. The van der Waals surface area contributed by atoms with Gasteiger partial charge in [-0.15, -0.1) is 0 Å². The van der Waals surface area contributed by atoms with Crippen LogP contribution in [0.2, 0.25) is 0 Å². The molecule has 4 amide bonds. The van der Waals surface area contributed by atoms with Crippen LogP contribution in [0.5, 0.6) is 0 Å². The fraction of sp³-hybridized carbons (Fsp3) is 0.278. The number of fused-ring (bicyclic) bond motifs is 1. The quantitative estimate of drug-likeness (QED) is 0.316. The van der Waals surface area contributed by atoms with Gasteiger partial charge in [0.1, 0.15) is 0 Å². The lowest BCUT2D eigenvalue weighted by molar-refractivity contribution is -0.129. The van der Waals surface area contributed by atoms with Crippen LogP contribution in [0.25, 0.3) is 5.57 Å². The molecule has 3 aromatic rings. The summed E-state index contributed by atoms with van der Waals surface area (Å²) in [5.41, 5.74) is 6.25.